The van der Waals surface area contributed by atoms with E-state index in [1.165, 1.54) is 18.2 Å². The van der Waals surface area contributed by atoms with Gasteiger partial charge in [-0.15, -0.1) is 0 Å². The fourth-order valence-corrected chi connectivity index (χ4v) is 3.98. The number of aryl methyl sites for hydroxylation is 1. The lowest BCUT2D eigenvalue weighted by atomic mass is 9.91. The van der Waals surface area contributed by atoms with Crippen LogP contribution in [0.3, 0.4) is 0 Å². The summed E-state index contributed by atoms with van der Waals surface area (Å²) in [6.45, 7) is 5.34. The summed E-state index contributed by atoms with van der Waals surface area (Å²) >= 11 is 0. The van der Waals surface area contributed by atoms with Crippen molar-refractivity contribution in [2.75, 3.05) is 19.3 Å². The molecule has 0 unspecified atom stereocenters. The van der Waals surface area contributed by atoms with Gasteiger partial charge in [-0.05, 0) is 63.1 Å². The molecule has 1 heterocycles. The van der Waals surface area contributed by atoms with Gasteiger partial charge in [0, 0.05) is 19.3 Å². The number of unbranched alkanes of at least 4 members (excludes halogenated alkanes) is 1. The summed E-state index contributed by atoms with van der Waals surface area (Å²) < 4.78 is 28.2. The van der Waals surface area contributed by atoms with Crippen LogP contribution in [-0.2, 0) is 21.0 Å². The van der Waals surface area contributed by atoms with E-state index < -0.39 is 9.84 Å². The van der Waals surface area contributed by atoms with Crippen LogP contribution in [0.2, 0.25) is 0 Å². The van der Waals surface area contributed by atoms with E-state index in [-0.39, 0.29) is 12.2 Å². The van der Waals surface area contributed by atoms with Gasteiger partial charge in [-0.25, -0.2) is 13.2 Å². The lowest BCUT2D eigenvalue weighted by molar-refractivity contribution is 0.0646. The number of piperidine rings is 1. The molecule has 0 aromatic heterocycles. The Morgan fingerprint density at radius 3 is 2.31 bits per heavy atom. The molecule has 1 aromatic rings. The number of hydrogen-bond donors (Lipinski definition) is 0. The minimum atomic E-state index is -3.11. The molecule has 0 radical (unpaired) electrons. The number of hydrogen-bond acceptors (Lipinski definition) is 4. The molecule has 0 bridgehead atoms. The smallest absolute Gasteiger partial charge is 0.410 e. The highest BCUT2D eigenvalue weighted by atomic mass is 32.2. The third-order valence-electron chi connectivity index (χ3n) is 4.89. The fourth-order valence-electron chi connectivity index (χ4n) is 3.35. The Morgan fingerprint density at radius 1 is 1.15 bits per heavy atom. The molecule has 1 aromatic carbocycles. The molecule has 0 saturated carbocycles. The zero-order chi connectivity index (χ0) is 19.2. The van der Waals surface area contributed by atoms with Gasteiger partial charge < -0.3 is 9.64 Å². The number of nitrogens with zero attached hydrogens (tertiary/aromatic N) is 1. The van der Waals surface area contributed by atoms with Crippen LogP contribution >= 0.6 is 0 Å². The summed E-state index contributed by atoms with van der Waals surface area (Å²) in [5, 5.41) is 0. The Bertz CT molecular complexity index is 674. The zero-order valence-electron chi connectivity index (χ0n) is 16.1. The Balaban J connectivity index is 1.64. The number of sulfone groups is 1. The molecule has 6 heteroatoms. The van der Waals surface area contributed by atoms with Gasteiger partial charge in [0.15, 0.2) is 9.84 Å². The Kier molecular flexibility index (Phi) is 7.50. The highest BCUT2D eigenvalue weighted by molar-refractivity contribution is 7.90. The zero-order valence-corrected chi connectivity index (χ0v) is 16.9. The maximum Gasteiger partial charge on any atom is 0.410 e. The Hall–Kier alpha value is -1.56. The van der Waals surface area contributed by atoms with Crippen LogP contribution < -0.4 is 0 Å². The Labute approximate surface area is 157 Å². The first-order valence-corrected chi connectivity index (χ1v) is 11.4. The van der Waals surface area contributed by atoms with Gasteiger partial charge >= 0.3 is 6.09 Å². The van der Waals surface area contributed by atoms with E-state index in [1.807, 2.05) is 30.9 Å². The minimum Gasteiger partial charge on any atom is -0.447 e. The number of carbonyl (C=O) groups excluding carboxylic acids is 1. The van der Waals surface area contributed by atoms with Crippen molar-refractivity contribution in [3.05, 3.63) is 29.8 Å². The van der Waals surface area contributed by atoms with Crippen molar-refractivity contribution in [3.8, 4) is 0 Å². The standard InChI is InChI=1S/C20H31NO4S/c1-16(2)25-20(22)21-14-12-18(13-15-21)7-5-4-6-17-8-10-19(11-9-17)26(3,23)24/h8-11,16,18H,4-7,12-15H2,1-3H3. The van der Waals surface area contributed by atoms with Gasteiger partial charge in [0.25, 0.3) is 0 Å². The predicted molar refractivity (Wildman–Crippen MR) is 103 cm³/mol. The van der Waals surface area contributed by atoms with E-state index in [0.717, 1.165) is 45.2 Å². The maximum atomic E-state index is 11.9. The molecule has 1 fully saturated rings. The SMILES string of the molecule is CC(C)OC(=O)N1CCC(CCCCc2ccc(S(C)(=O)=O)cc2)CC1. The number of amides is 1. The van der Waals surface area contributed by atoms with Crippen LogP contribution in [0.5, 0.6) is 0 Å². The van der Waals surface area contributed by atoms with Gasteiger partial charge in [-0.1, -0.05) is 25.0 Å². The second kappa shape index (κ2) is 9.40. The summed E-state index contributed by atoms with van der Waals surface area (Å²) in [4.78, 5) is 14.1. The van der Waals surface area contributed by atoms with Crippen LogP contribution in [0.25, 0.3) is 0 Å². The number of rotatable bonds is 7. The van der Waals surface area contributed by atoms with Crippen molar-refractivity contribution in [3.63, 3.8) is 0 Å². The first kappa shape index (κ1) is 20.7. The average molecular weight is 382 g/mol. The predicted octanol–water partition coefficient (Wildman–Crippen LogP) is 4.06. The third-order valence-corrected chi connectivity index (χ3v) is 6.02. The lowest BCUT2D eigenvalue weighted by Crippen LogP contribution is -2.39. The normalized spacial score (nSPS) is 16.1. The van der Waals surface area contributed by atoms with Gasteiger partial charge in [0.2, 0.25) is 0 Å². The van der Waals surface area contributed by atoms with E-state index in [2.05, 4.69) is 0 Å². The van der Waals surface area contributed by atoms with Gasteiger partial charge in [0.1, 0.15) is 0 Å². The molecule has 0 N–H and O–H groups in total. The van der Waals surface area contributed by atoms with Crippen molar-refractivity contribution in [1.29, 1.82) is 0 Å². The van der Waals surface area contributed by atoms with Gasteiger partial charge in [0.05, 0.1) is 11.0 Å². The van der Waals surface area contributed by atoms with Crippen LogP contribution in [0, 0.1) is 5.92 Å². The number of ether oxygens (including phenoxy) is 1. The summed E-state index contributed by atoms with van der Waals surface area (Å²) in [6.07, 6.45) is 7.52. The fraction of sp³-hybridized carbons (Fsp3) is 0.650. The van der Waals surface area contributed by atoms with Crippen LogP contribution in [0.1, 0.15) is 51.5 Å². The second-order valence-electron chi connectivity index (χ2n) is 7.52. The molecule has 5 nitrogen and oxygen atoms in total. The summed E-state index contributed by atoms with van der Waals surface area (Å²) in [5.74, 6) is 0.686. The average Bonchev–Trinajstić information content (AvgIpc) is 2.58. The molecule has 1 aliphatic heterocycles. The highest BCUT2D eigenvalue weighted by Crippen LogP contribution is 2.24. The largest absolute Gasteiger partial charge is 0.447 e. The molecule has 0 spiro atoms. The quantitative estimate of drug-likeness (QED) is 0.668. The monoisotopic (exact) mass is 381 g/mol. The molecule has 1 aliphatic rings. The summed E-state index contributed by atoms with van der Waals surface area (Å²) in [7, 11) is -3.11. The third kappa shape index (κ3) is 6.63. The summed E-state index contributed by atoms with van der Waals surface area (Å²) in [5.41, 5.74) is 1.18. The second-order valence-corrected chi connectivity index (χ2v) is 9.54. The molecule has 26 heavy (non-hydrogen) atoms. The van der Waals surface area contributed by atoms with E-state index in [1.54, 1.807) is 12.1 Å². The van der Waals surface area contributed by atoms with Crippen LogP contribution in [-0.4, -0.2) is 44.9 Å². The van der Waals surface area contributed by atoms with E-state index in [4.69, 9.17) is 4.74 Å². The minimum absolute atomic E-state index is 0.0632. The number of carbonyl (C=O) groups is 1. The number of likely N-dealkylation sites (tertiary alicyclic amines) is 1. The van der Waals surface area contributed by atoms with Crippen LogP contribution in [0.15, 0.2) is 29.2 Å². The van der Waals surface area contributed by atoms with Crippen molar-refractivity contribution >= 4 is 15.9 Å². The molecular weight excluding hydrogens is 350 g/mol. The molecule has 0 atom stereocenters. The molecule has 146 valence electrons. The topological polar surface area (TPSA) is 63.7 Å². The van der Waals surface area contributed by atoms with Gasteiger partial charge in [-0.2, -0.15) is 0 Å². The van der Waals surface area contributed by atoms with Crippen molar-refractivity contribution < 1.29 is 17.9 Å². The van der Waals surface area contributed by atoms with Crippen molar-refractivity contribution in [2.45, 2.75) is 63.4 Å². The van der Waals surface area contributed by atoms with Gasteiger partial charge in [-0.3, -0.25) is 0 Å². The van der Waals surface area contributed by atoms with Crippen LogP contribution in [0.4, 0.5) is 4.79 Å². The molecule has 0 aliphatic carbocycles. The lowest BCUT2D eigenvalue weighted by Gasteiger charge is -2.31. The molecule has 1 saturated heterocycles. The molecular formula is C20H31NO4S. The molecule has 2 rings (SSSR count). The first-order chi connectivity index (χ1) is 12.3. The highest BCUT2D eigenvalue weighted by Gasteiger charge is 2.23. The van der Waals surface area contributed by atoms with Crippen molar-refractivity contribution in [1.82, 2.24) is 4.90 Å². The van der Waals surface area contributed by atoms with Crippen molar-refractivity contribution in [2.24, 2.45) is 5.92 Å². The van der Waals surface area contributed by atoms with E-state index in [9.17, 15) is 13.2 Å². The maximum absolute atomic E-state index is 11.9. The first-order valence-electron chi connectivity index (χ1n) is 9.50. The molecule has 1 amide bonds. The Morgan fingerprint density at radius 2 is 1.77 bits per heavy atom. The van der Waals surface area contributed by atoms with E-state index in [0.29, 0.717) is 10.8 Å². The number of benzene rings is 1. The summed E-state index contributed by atoms with van der Waals surface area (Å²) in [6, 6.07) is 7.21. The van der Waals surface area contributed by atoms with E-state index >= 15 is 0 Å².